The molecule has 7 nitrogen and oxygen atoms in total. The van der Waals surface area contributed by atoms with Gasteiger partial charge in [-0.05, 0) is 43.0 Å². The first-order valence-corrected chi connectivity index (χ1v) is 11.4. The van der Waals surface area contributed by atoms with Crippen LogP contribution in [0, 0.1) is 0 Å². The quantitative estimate of drug-likeness (QED) is 0.765. The third-order valence-electron chi connectivity index (χ3n) is 5.55. The summed E-state index contributed by atoms with van der Waals surface area (Å²) in [7, 11) is -3.45. The molecule has 0 amide bonds. The monoisotopic (exact) mass is 401 g/mol. The van der Waals surface area contributed by atoms with Crippen molar-refractivity contribution in [1.29, 1.82) is 0 Å². The van der Waals surface area contributed by atoms with E-state index in [0.717, 1.165) is 36.8 Å². The molecule has 0 radical (unpaired) electrons. The van der Waals surface area contributed by atoms with Crippen LogP contribution in [0.25, 0.3) is 0 Å². The van der Waals surface area contributed by atoms with Crippen LogP contribution < -0.4 is 9.80 Å². The predicted molar refractivity (Wildman–Crippen MR) is 110 cm³/mol. The van der Waals surface area contributed by atoms with Crippen molar-refractivity contribution in [2.75, 3.05) is 49.1 Å². The van der Waals surface area contributed by atoms with E-state index in [1.54, 1.807) is 22.6 Å². The van der Waals surface area contributed by atoms with Gasteiger partial charge in [0.25, 0.3) is 0 Å². The summed E-state index contributed by atoms with van der Waals surface area (Å²) in [6.45, 7) is 6.25. The van der Waals surface area contributed by atoms with Crippen molar-refractivity contribution < 1.29 is 8.42 Å². The zero-order chi connectivity index (χ0) is 19.6. The van der Waals surface area contributed by atoms with Gasteiger partial charge in [-0.15, -0.1) is 0 Å². The Bertz CT molecular complexity index is 902. The number of hydrogen-bond donors (Lipinski definition) is 0. The first kappa shape index (κ1) is 19.1. The number of piperazine rings is 1. The first-order valence-electron chi connectivity index (χ1n) is 10.00. The average Bonchev–Trinajstić information content (AvgIpc) is 3.29. The smallest absolute Gasteiger partial charge is 0.243 e. The Balaban J connectivity index is 1.43. The number of sulfonamides is 1. The molecule has 0 bridgehead atoms. The lowest BCUT2D eigenvalue weighted by Crippen LogP contribution is -2.49. The molecule has 150 valence electrons. The Morgan fingerprint density at radius 1 is 0.893 bits per heavy atom. The number of aryl methyl sites for hydroxylation is 1. The highest BCUT2D eigenvalue weighted by Gasteiger charge is 2.29. The standard InChI is InChI=1S/C20H27N5O2S/c1-2-17-5-7-18(8-6-17)28(26,27)25-15-13-23(14-16-25)19-9-10-21-20(22-19)24-11-3-4-12-24/h5-10H,2-4,11-16H2,1H3. The maximum absolute atomic E-state index is 12.9. The number of anilines is 2. The van der Waals surface area contributed by atoms with Crippen molar-refractivity contribution >= 4 is 21.8 Å². The topological polar surface area (TPSA) is 69.6 Å². The van der Waals surface area contributed by atoms with Gasteiger partial charge in [0.2, 0.25) is 16.0 Å². The molecule has 0 spiro atoms. The van der Waals surface area contributed by atoms with Crippen LogP contribution >= 0.6 is 0 Å². The molecule has 2 aliphatic rings. The van der Waals surface area contributed by atoms with Crippen molar-refractivity contribution in [1.82, 2.24) is 14.3 Å². The molecular weight excluding hydrogens is 374 g/mol. The summed E-state index contributed by atoms with van der Waals surface area (Å²) in [5, 5.41) is 0. The minimum Gasteiger partial charge on any atom is -0.354 e. The molecule has 0 aliphatic carbocycles. The van der Waals surface area contributed by atoms with E-state index in [2.05, 4.69) is 21.7 Å². The second-order valence-electron chi connectivity index (χ2n) is 7.30. The fraction of sp³-hybridized carbons (Fsp3) is 0.500. The molecule has 2 aliphatic heterocycles. The lowest BCUT2D eigenvalue weighted by atomic mass is 10.2. The normalized spacial score (nSPS) is 18.6. The Kier molecular flexibility index (Phi) is 5.50. The Morgan fingerprint density at radius 3 is 2.21 bits per heavy atom. The second-order valence-corrected chi connectivity index (χ2v) is 9.24. The van der Waals surface area contributed by atoms with Gasteiger partial charge in [0.1, 0.15) is 5.82 Å². The second kappa shape index (κ2) is 8.05. The Hall–Kier alpha value is -2.19. The van der Waals surface area contributed by atoms with Crippen LogP contribution in [-0.2, 0) is 16.4 Å². The van der Waals surface area contributed by atoms with Gasteiger partial charge in [-0.2, -0.15) is 9.29 Å². The van der Waals surface area contributed by atoms with Crippen LogP contribution in [0.1, 0.15) is 25.3 Å². The SMILES string of the molecule is CCc1ccc(S(=O)(=O)N2CCN(c3ccnc(N4CCCC4)n3)CC2)cc1. The summed E-state index contributed by atoms with van der Waals surface area (Å²) in [6.07, 6.45) is 5.07. The van der Waals surface area contributed by atoms with Crippen LogP contribution in [0.15, 0.2) is 41.4 Å². The minimum absolute atomic E-state index is 0.372. The molecule has 2 aromatic rings. The fourth-order valence-electron chi connectivity index (χ4n) is 3.79. The van der Waals surface area contributed by atoms with Crippen LogP contribution in [-0.4, -0.2) is 62.0 Å². The molecule has 8 heteroatoms. The highest BCUT2D eigenvalue weighted by atomic mass is 32.2. The van der Waals surface area contributed by atoms with Crippen molar-refractivity contribution in [3.05, 3.63) is 42.1 Å². The minimum atomic E-state index is -3.45. The predicted octanol–water partition coefficient (Wildman–Crippen LogP) is 2.15. The third kappa shape index (κ3) is 3.84. The van der Waals surface area contributed by atoms with Crippen molar-refractivity contribution in [2.24, 2.45) is 0 Å². The maximum Gasteiger partial charge on any atom is 0.243 e. The van der Waals surface area contributed by atoms with E-state index in [9.17, 15) is 8.42 Å². The highest BCUT2D eigenvalue weighted by molar-refractivity contribution is 7.89. The van der Waals surface area contributed by atoms with Crippen molar-refractivity contribution in [3.63, 3.8) is 0 Å². The molecule has 2 saturated heterocycles. The van der Waals surface area contributed by atoms with Gasteiger partial charge in [0.15, 0.2) is 0 Å². The molecule has 28 heavy (non-hydrogen) atoms. The van der Waals surface area contributed by atoms with Crippen molar-refractivity contribution in [3.8, 4) is 0 Å². The summed E-state index contributed by atoms with van der Waals surface area (Å²) < 4.78 is 27.4. The van der Waals surface area contributed by atoms with E-state index >= 15 is 0 Å². The van der Waals surface area contributed by atoms with E-state index < -0.39 is 10.0 Å². The summed E-state index contributed by atoms with van der Waals surface area (Å²) in [5.74, 6) is 1.65. The van der Waals surface area contributed by atoms with Gasteiger partial charge in [0, 0.05) is 45.5 Å². The third-order valence-corrected chi connectivity index (χ3v) is 7.46. The molecule has 1 aromatic heterocycles. The van der Waals surface area contributed by atoms with E-state index in [1.807, 2.05) is 18.2 Å². The number of rotatable bonds is 5. The molecule has 3 heterocycles. The fourth-order valence-corrected chi connectivity index (χ4v) is 5.21. The van der Waals surface area contributed by atoms with Crippen LogP contribution in [0.2, 0.25) is 0 Å². The highest BCUT2D eigenvalue weighted by Crippen LogP contribution is 2.22. The zero-order valence-electron chi connectivity index (χ0n) is 16.3. The summed E-state index contributed by atoms with van der Waals surface area (Å²) in [5.41, 5.74) is 1.14. The Labute approximate surface area is 167 Å². The largest absolute Gasteiger partial charge is 0.354 e. The number of nitrogens with zero attached hydrogens (tertiary/aromatic N) is 5. The lowest BCUT2D eigenvalue weighted by Gasteiger charge is -2.34. The van der Waals surface area contributed by atoms with Gasteiger partial charge in [-0.3, -0.25) is 0 Å². The number of aromatic nitrogens is 2. The number of benzene rings is 1. The summed E-state index contributed by atoms with van der Waals surface area (Å²) in [4.78, 5) is 13.9. The molecule has 0 atom stereocenters. The van der Waals surface area contributed by atoms with Gasteiger partial charge in [0.05, 0.1) is 4.90 Å². The molecular formula is C20H27N5O2S. The van der Waals surface area contributed by atoms with E-state index in [4.69, 9.17) is 4.98 Å². The number of hydrogen-bond acceptors (Lipinski definition) is 6. The molecule has 4 rings (SSSR count). The van der Waals surface area contributed by atoms with Gasteiger partial charge >= 0.3 is 0 Å². The molecule has 0 N–H and O–H groups in total. The molecule has 0 saturated carbocycles. The van der Waals surface area contributed by atoms with Gasteiger partial charge < -0.3 is 9.80 Å². The van der Waals surface area contributed by atoms with Crippen LogP contribution in [0.5, 0.6) is 0 Å². The lowest BCUT2D eigenvalue weighted by molar-refractivity contribution is 0.384. The first-order chi connectivity index (χ1) is 13.6. The average molecular weight is 402 g/mol. The maximum atomic E-state index is 12.9. The van der Waals surface area contributed by atoms with Crippen LogP contribution in [0.4, 0.5) is 11.8 Å². The summed E-state index contributed by atoms with van der Waals surface area (Å²) in [6, 6.07) is 9.13. The van der Waals surface area contributed by atoms with Crippen LogP contribution in [0.3, 0.4) is 0 Å². The van der Waals surface area contributed by atoms with E-state index in [1.165, 1.54) is 12.8 Å². The van der Waals surface area contributed by atoms with E-state index in [0.29, 0.717) is 31.1 Å². The molecule has 2 fully saturated rings. The van der Waals surface area contributed by atoms with Gasteiger partial charge in [-0.1, -0.05) is 19.1 Å². The van der Waals surface area contributed by atoms with Gasteiger partial charge in [-0.25, -0.2) is 13.4 Å². The van der Waals surface area contributed by atoms with Crippen molar-refractivity contribution in [2.45, 2.75) is 31.1 Å². The molecule has 0 unspecified atom stereocenters. The Morgan fingerprint density at radius 2 is 1.57 bits per heavy atom. The summed E-state index contributed by atoms with van der Waals surface area (Å²) >= 11 is 0. The van der Waals surface area contributed by atoms with E-state index in [-0.39, 0.29) is 0 Å². The zero-order valence-corrected chi connectivity index (χ0v) is 17.1. The molecule has 1 aromatic carbocycles.